The molecule has 0 bridgehead atoms. The van der Waals surface area contributed by atoms with Crippen LogP contribution in [0.25, 0.3) is 0 Å². The lowest BCUT2D eigenvalue weighted by Gasteiger charge is -2.10. The number of halogens is 1. The zero-order valence-electron chi connectivity index (χ0n) is 15.9. The Morgan fingerprint density at radius 3 is 2.75 bits per heavy atom. The minimum atomic E-state index is 0. The van der Waals surface area contributed by atoms with Crippen LogP contribution in [0.15, 0.2) is 59.6 Å². The summed E-state index contributed by atoms with van der Waals surface area (Å²) in [5.74, 6) is 1.91. The first-order valence-electron chi connectivity index (χ1n) is 9.39. The van der Waals surface area contributed by atoms with Crippen LogP contribution in [0, 0.1) is 0 Å². The molecule has 1 unspecified atom stereocenters. The zero-order chi connectivity index (χ0) is 18.7. The first-order valence-corrected chi connectivity index (χ1v) is 9.39. The van der Waals surface area contributed by atoms with Gasteiger partial charge in [0.25, 0.3) is 0 Å². The predicted molar refractivity (Wildman–Crippen MR) is 123 cm³/mol. The Morgan fingerprint density at radius 2 is 1.96 bits per heavy atom. The van der Waals surface area contributed by atoms with E-state index < -0.39 is 0 Å². The van der Waals surface area contributed by atoms with E-state index in [1.807, 2.05) is 54.6 Å². The van der Waals surface area contributed by atoms with E-state index in [1.165, 1.54) is 0 Å². The van der Waals surface area contributed by atoms with Crippen LogP contribution in [0.3, 0.4) is 0 Å². The maximum Gasteiger partial charge on any atom is 0.193 e. The molecule has 0 amide bonds. The van der Waals surface area contributed by atoms with Crippen LogP contribution in [-0.4, -0.2) is 38.4 Å². The summed E-state index contributed by atoms with van der Waals surface area (Å²) in [5, 5.41) is 3.09. The maximum absolute atomic E-state index is 5.96. The van der Waals surface area contributed by atoms with Crippen molar-refractivity contribution in [2.45, 2.75) is 25.4 Å². The van der Waals surface area contributed by atoms with Gasteiger partial charge in [0, 0.05) is 31.5 Å². The zero-order valence-corrected chi connectivity index (χ0v) is 18.2. The molecule has 3 rings (SSSR count). The molecule has 0 aromatic heterocycles. The van der Waals surface area contributed by atoms with Gasteiger partial charge in [-0.3, -0.25) is 4.99 Å². The van der Waals surface area contributed by atoms with Gasteiger partial charge in [-0.2, -0.15) is 0 Å². The third kappa shape index (κ3) is 8.04. The highest BCUT2D eigenvalue weighted by atomic mass is 127. The summed E-state index contributed by atoms with van der Waals surface area (Å²) in [6, 6.07) is 17.3. The van der Waals surface area contributed by atoms with E-state index in [1.54, 1.807) is 0 Å². The Kier molecular flexibility index (Phi) is 10.1. The van der Waals surface area contributed by atoms with Crippen molar-refractivity contribution in [2.24, 2.45) is 10.7 Å². The van der Waals surface area contributed by atoms with Crippen LogP contribution >= 0.6 is 24.0 Å². The van der Waals surface area contributed by atoms with Gasteiger partial charge in [0.1, 0.15) is 11.5 Å². The van der Waals surface area contributed by atoms with Gasteiger partial charge in [0.2, 0.25) is 0 Å². The molecule has 1 fully saturated rings. The van der Waals surface area contributed by atoms with Crippen LogP contribution in [0.1, 0.15) is 19.3 Å². The molecule has 0 aliphatic carbocycles. The van der Waals surface area contributed by atoms with Crippen molar-refractivity contribution in [1.29, 1.82) is 0 Å². The normalized spacial score (nSPS) is 16.4. The minimum Gasteiger partial charge on any atom is -0.457 e. The number of nitrogens with one attached hydrogen (secondary N) is 1. The van der Waals surface area contributed by atoms with E-state index in [0.717, 1.165) is 43.1 Å². The Labute approximate surface area is 183 Å². The quantitative estimate of drug-likeness (QED) is 0.232. The summed E-state index contributed by atoms with van der Waals surface area (Å²) in [5.41, 5.74) is 6.79. The highest BCUT2D eigenvalue weighted by molar-refractivity contribution is 14.0. The summed E-state index contributed by atoms with van der Waals surface area (Å²) in [7, 11) is 0. The fourth-order valence-electron chi connectivity index (χ4n) is 2.81. The smallest absolute Gasteiger partial charge is 0.193 e. The van der Waals surface area contributed by atoms with Crippen molar-refractivity contribution < 1.29 is 14.2 Å². The predicted octanol–water partition coefficient (Wildman–Crippen LogP) is 4.41. The molecule has 1 aliphatic heterocycles. The van der Waals surface area contributed by atoms with Gasteiger partial charge in [-0.05, 0) is 43.5 Å². The van der Waals surface area contributed by atoms with Crippen LogP contribution in [0.5, 0.6) is 11.5 Å². The summed E-state index contributed by atoms with van der Waals surface area (Å²) in [6.45, 7) is 2.81. The fraction of sp³-hybridized carbons (Fsp3) is 0.381. The first kappa shape index (κ1) is 22.4. The lowest BCUT2D eigenvalue weighted by Crippen LogP contribution is -2.23. The lowest BCUT2D eigenvalue weighted by molar-refractivity contribution is 0.0171. The van der Waals surface area contributed by atoms with Crippen molar-refractivity contribution in [2.75, 3.05) is 31.7 Å². The van der Waals surface area contributed by atoms with E-state index in [9.17, 15) is 0 Å². The number of aliphatic imine (C=N–C) groups is 1. The minimum absolute atomic E-state index is 0. The Bertz CT molecular complexity index is 722. The molecule has 1 heterocycles. The monoisotopic (exact) mass is 497 g/mol. The number of hydrogen-bond acceptors (Lipinski definition) is 4. The number of benzene rings is 2. The molecule has 1 aliphatic rings. The summed E-state index contributed by atoms with van der Waals surface area (Å²) >= 11 is 0. The van der Waals surface area contributed by atoms with Gasteiger partial charge in [-0.25, -0.2) is 0 Å². The van der Waals surface area contributed by atoms with Crippen LogP contribution in [0.4, 0.5) is 5.69 Å². The van der Waals surface area contributed by atoms with Crippen molar-refractivity contribution in [3.8, 4) is 11.5 Å². The molecule has 1 saturated heterocycles. The topological polar surface area (TPSA) is 78.1 Å². The molecule has 0 spiro atoms. The second kappa shape index (κ2) is 12.6. The number of nitrogens with zero attached hydrogens (tertiary/aromatic N) is 1. The summed E-state index contributed by atoms with van der Waals surface area (Å²) < 4.78 is 17.0. The van der Waals surface area contributed by atoms with Gasteiger partial charge in [0.15, 0.2) is 5.96 Å². The number of nitrogens with two attached hydrogens (primary N) is 1. The van der Waals surface area contributed by atoms with Crippen LogP contribution < -0.4 is 15.8 Å². The molecular formula is C21H28IN3O3. The Balaban J connectivity index is 0.00000280. The second-order valence-corrected chi connectivity index (χ2v) is 6.40. The summed E-state index contributed by atoms with van der Waals surface area (Å²) in [4.78, 5) is 4.33. The average molecular weight is 497 g/mol. The number of ether oxygens (including phenoxy) is 3. The highest BCUT2D eigenvalue weighted by Gasteiger charge is 2.14. The van der Waals surface area contributed by atoms with E-state index in [-0.39, 0.29) is 30.1 Å². The molecule has 152 valence electrons. The first-order chi connectivity index (χ1) is 13.3. The molecule has 3 N–H and O–H groups in total. The standard InChI is InChI=1S/C21H27N3O3.HI/c22-21(23-12-6-13-25-16-20-11-5-14-26-20)24-17-7-4-10-19(15-17)27-18-8-2-1-3-9-18;/h1-4,7-10,15,20H,5-6,11-14,16H2,(H3,22,23,24);1H. The van der Waals surface area contributed by atoms with Crippen molar-refractivity contribution >= 4 is 35.6 Å². The van der Waals surface area contributed by atoms with Crippen LogP contribution in [0.2, 0.25) is 0 Å². The van der Waals surface area contributed by atoms with E-state index in [4.69, 9.17) is 19.9 Å². The molecule has 7 heteroatoms. The fourth-order valence-corrected chi connectivity index (χ4v) is 2.81. The highest BCUT2D eigenvalue weighted by Crippen LogP contribution is 2.23. The molecule has 2 aromatic rings. The average Bonchev–Trinajstić information content (AvgIpc) is 3.19. The largest absolute Gasteiger partial charge is 0.457 e. The lowest BCUT2D eigenvalue weighted by atomic mass is 10.2. The number of anilines is 1. The van der Waals surface area contributed by atoms with Crippen molar-refractivity contribution in [3.63, 3.8) is 0 Å². The second-order valence-electron chi connectivity index (χ2n) is 6.40. The van der Waals surface area contributed by atoms with Crippen molar-refractivity contribution in [3.05, 3.63) is 54.6 Å². The van der Waals surface area contributed by atoms with Gasteiger partial charge in [0.05, 0.1) is 12.7 Å². The Hall–Kier alpha value is -1.84. The third-order valence-corrected chi connectivity index (χ3v) is 4.14. The molecule has 2 aromatic carbocycles. The molecule has 0 radical (unpaired) electrons. The number of hydrogen-bond donors (Lipinski definition) is 2. The molecule has 6 nitrogen and oxygen atoms in total. The molecular weight excluding hydrogens is 469 g/mol. The molecule has 28 heavy (non-hydrogen) atoms. The van der Waals surface area contributed by atoms with E-state index in [2.05, 4.69) is 10.3 Å². The van der Waals surface area contributed by atoms with E-state index >= 15 is 0 Å². The third-order valence-electron chi connectivity index (χ3n) is 4.14. The molecule has 0 saturated carbocycles. The molecule has 1 atom stereocenters. The number of rotatable bonds is 9. The van der Waals surface area contributed by atoms with Gasteiger partial charge in [-0.1, -0.05) is 24.3 Å². The number of guanidine groups is 1. The van der Waals surface area contributed by atoms with Gasteiger partial charge < -0.3 is 25.3 Å². The van der Waals surface area contributed by atoms with Gasteiger partial charge >= 0.3 is 0 Å². The SMILES string of the molecule is I.NC(=NCCCOCC1CCCO1)Nc1cccc(Oc2ccccc2)c1. The van der Waals surface area contributed by atoms with E-state index in [0.29, 0.717) is 25.7 Å². The number of para-hydroxylation sites is 1. The summed E-state index contributed by atoms with van der Waals surface area (Å²) in [6.07, 6.45) is 3.33. The van der Waals surface area contributed by atoms with Crippen molar-refractivity contribution in [1.82, 2.24) is 0 Å². The Morgan fingerprint density at radius 1 is 1.14 bits per heavy atom. The maximum atomic E-state index is 5.96. The van der Waals surface area contributed by atoms with Crippen LogP contribution in [-0.2, 0) is 9.47 Å². The van der Waals surface area contributed by atoms with Gasteiger partial charge in [-0.15, -0.1) is 24.0 Å².